The van der Waals surface area contributed by atoms with E-state index in [9.17, 15) is 13.2 Å². The van der Waals surface area contributed by atoms with Crippen molar-refractivity contribution in [1.82, 2.24) is 9.80 Å². The predicted molar refractivity (Wildman–Crippen MR) is 157 cm³/mol. The molecule has 0 radical (unpaired) electrons. The smallest absolute Gasteiger partial charge is 0.379 e. The van der Waals surface area contributed by atoms with Crippen LogP contribution in [0.5, 0.6) is 0 Å². The van der Waals surface area contributed by atoms with Gasteiger partial charge in [-0.15, -0.1) is 0 Å². The van der Waals surface area contributed by atoms with Crippen molar-refractivity contribution in [3.05, 3.63) is 48.0 Å². The lowest BCUT2D eigenvalue weighted by Gasteiger charge is -2.37. The Morgan fingerprint density at radius 1 is 0.775 bits per heavy atom. The molecule has 40 heavy (non-hydrogen) atoms. The lowest BCUT2D eigenvalue weighted by Crippen LogP contribution is -2.48. The number of alkyl halides is 3. The molecule has 0 unspecified atom stereocenters. The number of rotatable bonds is 12. The molecule has 2 aromatic rings. The first-order valence-electron chi connectivity index (χ1n) is 14.3. The van der Waals surface area contributed by atoms with Gasteiger partial charge in [0.25, 0.3) is 0 Å². The van der Waals surface area contributed by atoms with Crippen LogP contribution in [0.3, 0.4) is 0 Å². The molecule has 4 rings (SSSR count). The quantitative estimate of drug-likeness (QED) is 0.262. The van der Waals surface area contributed by atoms with Crippen LogP contribution in [-0.4, -0.2) is 80.5 Å². The molecule has 0 saturated carbocycles. The maximum Gasteiger partial charge on any atom is 0.416 e. The van der Waals surface area contributed by atoms with Crippen molar-refractivity contribution in [3.8, 4) is 0 Å². The number of hydrogen-bond acceptors (Lipinski definition) is 6. The highest BCUT2D eigenvalue weighted by Crippen LogP contribution is 2.49. The van der Waals surface area contributed by atoms with Gasteiger partial charge in [-0.2, -0.15) is 13.2 Å². The summed E-state index contributed by atoms with van der Waals surface area (Å²) in [4.78, 5) is 9.01. The Morgan fingerprint density at radius 3 is 2.10 bits per heavy atom. The highest BCUT2D eigenvalue weighted by Gasteiger charge is 2.33. The summed E-state index contributed by atoms with van der Waals surface area (Å²) in [5.74, 6) is 0. The molecule has 0 aromatic heterocycles. The van der Waals surface area contributed by atoms with Gasteiger partial charge in [0.15, 0.2) is 0 Å². The van der Waals surface area contributed by atoms with Crippen LogP contribution in [0.4, 0.5) is 24.5 Å². The van der Waals surface area contributed by atoms with Gasteiger partial charge in [0.1, 0.15) is 0 Å². The molecule has 2 aliphatic rings. The molecule has 2 heterocycles. The van der Waals surface area contributed by atoms with Gasteiger partial charge in [-0.05, 0) is 83.8 Å². The maximum absolute atomic E-state index is 13.5. The predicted octanol–water partition coefficient (Wildman–Crippen LogP) is 7.32. The van der Waals surface area contributed by atoms with Crippen LogP contribution in [0, 0.1) is 0 Å². The molecule has 0 aliphatic carbocycles. The number of hydrogen-bond donors (Lipinski definition) is 0. The van der Waals surface area contributed by atoms with Crippen molar-refractivity contribution in [2.75, 3.05) is 64.4 Å². The normalized spacial score (nSPS) is 17.1. The molecule has 0 atom stereocenters. The largest absolute Gasteiger partial charge is 0.416 e. The minimum atomic E-state index is -4.36. The van der Waals surface area contributed by atoms with Crippen LogP contribution in [0.2, 0.25) is 0 Å². The molecule has 0 N–H and O–H groups in total. The van der Waals surface area contributed by atoms with Gasteiger partial charge in [-0.1, -0.05) is 23.9 Å². The fourth-order valence-corrected chi connectivity index (χ4v) is 6.19. The highest BCUT2D eigenvalue weighted by molar-refractivity contribution is 7.99. The molecular weight excluding hydrogens is 535 g/mol. The molecular formula is C31H44F3N3O2S. The minimum Gasteiger partial charge on any atom is -0.379 e. The van der Waals surface area contributed by atoms with Crippen molar-refractivity contribution in [1.29, 1.82) is 0 Å². The molecule has 5 nitrogen and oxygen atoms in total. The number of nitrogens with zero attached hydrogens (tertiary/aromatic N) is 3. The number of anilines is 2. The van der Waals surface area contributed by atoms with Gasteiger partial charge in [-0.25, -0.2) is 0 Å². The minimum absolute atomic E-state index is 0.169. The Labute approximate surface area is 242 Å². The number of piperazine rings is 1. The Bertz CT molecular complexity index is 1120. The summed E-state index contributed by atoms with van der Waals surface area (Å²) in [6.45, 7) is 15.8. The van der Waals surface area contributed by atoms with E-state index < -0.39 is 11.7 Å². The first-order valence-corrected chi connectivity index (χ1v) is 15.1. The molecule has 1 fully saturated rings. The molecule has 0 spiro atoms. The third-order valence-electron chi connectivity index (χ3n) is 8.05. The first kappa shape index (κ1) is 31.2. The second-order valence-electron chi connectivity index (χ2n) is 12.0. The Morgan fingerprint density at radius 2 is 1.43 bits per heavy atom. The second kappa shape index (κ2) is 13.0. The van der Waals surface area contributed by atoms with Crippen molar-refractivity contribution >= 4 is 23.1 Å². The Hall–Kier alpha value is -1.78. The number of fused-ring (bicyclic) bond motifs is 2. The lowest BCUT2D eigenvalue weighted by molar-refractivity contribution is -0.137. The number of ether oxygens (including phenoxy) is 2. The van der Waals surface area contributed by atoms with E-state index in [1.54, 1.807) is 24.9 Å². The van der Waals surface area contributed by atoms with Crippen molar-refractivity contribution in [3.63, 3.8) is 0 Å². The van der Waals surface area contributed by atoms with Crippen molar-refractivity contribution in [2.24, 2.45) is 0 Å². The monoisotopic (exact) mass is 579 g/mol. The van der Waals surface area contributed by atoms with E-state index in [1.807, 2.05) is 24.3 Å². The second-order valence-corrected chi connectivity index (χ2v) is 13.1. The summed E-state index contributed by atoms with van der Waals surface area (Å²) >= 11 is 1.54. The van der Waals surface area contributed by atoms with Gasteiger partial charge in [-0.3, -0.25) is 0 Å². The summed E-state index contributed by atoms with van der Waals surface area (Å²) in [5, 5.41) is 0. The van der Waals surface area contributed by atoms with E-state index in [4.69, 9.17) is 9.47 Å². The van der Waals surface area contributed by atoms with E-state index in [1.165, 1.54) is 12.1 Å². The molecule has 0 amide bonds. The maximum atomic E-state index is 13.5. The average molecular weight is 580 g/mol. The molecule has 2 aromatic carbocycles. The molecule has 0 bridgehead atoms. The van der Waals surface area contributed by atoms with Crippen molar-refractivity contribution in [2.45, 2.75) is 74.1 Å². The van der Waals surface area contributed by atoms with E-state index in [-0.39, 0.29) is 11.2 Å². The number of halogens is 3. The van der Waals surface area contributed by atoms with Gasteiger partial charge >= 0.3 is 6.18 Å². The van der Waals surface area contributed by atoms with Gasteiger partial charge in [0.05, 0.1) is 34.7 Å². The van der Waals surface area contributed by atoms with Crippen LogP contribution in [0.1, 0.15) is 52.5 Å². The lowest BCUT2D eigenvalue weighted by atomic mass is 10.0. The zero-order valence-electron chi connectivity index (χ0n) is 24.5. The first-order chi connectivity index (χ1) is 18.9. The van der Waals surface area contributed by atoms with Crippen LogP contribution < -0.4 is 4.90 Å². The third kappa shape index (κ3) is 8.38. The molecule has 9 heteroatoms. The standard InChI is InChI=1S/C31H44F3N3O2S/c1-29(2,38-5)14-22-39-30(3,4)13-17-36-20-18-35(19-21-36)15-8-16-37-25-9-6-7-10-27(25)40-28-12-11-24(23-26(28)37)31(32,33)34/h6-7,9-12,23H,8,13-22H2,1-5H3. The van der Waals surface area contributed by atoms with E-state index >= 15 is 0 Å². The third-order valence-corrected chi connectivity index (χ3v) is 9.18. The van der Waals surface area contributed by atoms with Crippen LogP contribution in [0.25, 0.3) is 0 Å². The SMILES string of the molecule is COC(C)(C)CCOC(C)(C)CCN1CCN(CCCN2c3ccccc3Sc3ccc(C(F)(F)F)cc32)CC1. The summed E-state index contributed by atoms with van der Waals surface area (Å²) < 4.78 is 52.1. The fourth-order valence-electron chi connectivity index (χ4n) is 5.11. The summed E-state index contributed by atoms with van der Waals surface area (Å²) in [6, 6.07) is 12.1. The molecule has 2 aliphatic heterocycles. The summed E-state index contributed by atoms with van der Waals surface area (Å²) in [6.07, 6.45) is -1.63. The summed E-state index contributed by atoms with van der Waals surface area (Å²) in [7, 11) is 1.74. The van der Waals surface area contributed by atoms with Crippen LogP contribution in [0.15, 0.2) is 52.3 Å². The fraction of sp³-hybridized carbons (Fsp3) is 0.613. The van der Waals surface area contributed by atoms with E-state index in [0.29, 0.717) is 18.8 Å². The average Bonchev–Trinajstić information content (AvgIpc) is 2.91. The van der Waals surface area contributed by atoms with E-state index in [2.05, 4.69) is 42.4 Å². The van der Waals surface area contributed by atoms with Crippen molar-refractivity contribution < 1.29 is 22.6 Å². The molecule has 222 valence electrons. The Kier molecular flexibility index (Phi) is 10.1. The highest BCUT2D eigenvalue weighted by atomic mass is 32.2. The van der Waals surface area contributed by atoms with Gasteiger partial charge in [0.2, 0.25) is 0 Å². The van der Waals surface area contributed by atoms with E-state index in [0.717, 1.165) is 74.0 Å². The zero-order chi connectivity index (χ0) is 29.0. The Balaban J connectivity index is 1.25. The van der Waals surface area contributed by atoms with Crippen LogP contribution in [-0.2, 0) is 15.7 Å². The molecule has 1 saturated heterocycles. The number of para-hydroxylation sites is 1. The zero-order valence-corrected chi connectivity index (χ0v) is 25.3. The summed E-state index contributed by atoms with van der Waals surface area (Å²) in [5.41, 5.74) is 0.697. The van der Waals surface area contributed by atoms with Gasteiger partial charge < -0.3 is 24.2 Å². The number of benzene rings is 2. The topological polar surface area (TPSA) is 28.2 Å². The van der Waals surface area contributed by atoms with Crippen LogP contribution >= 0.6 is 11.8 Å². The van der Waals surface area contributed by atoms with Gasteiger partial charge in [0, 0.05) is 56.2 Å². The number of methoxy groups -OCH3 is 1.